The number of hydrogen-bond acceptors (Lipinski definition) is 6. The van der Waals surface area contributed by atoms with Gasteiger partial charge >= 0.3 is 0 Å². The fraction of sp³-hybridized carbons (Fsp3) is 0.273. The highest BCUT2D eigenvalue weighted by Crippen LogP contribution is 2.32. The monoisotopic (exact) mass is 394 g/mol. The van der Waals surface area contributed by atoms with Crippen LogP contribution in [0.2, 0.25) is 0 Å². The van der Waals surface area contributed by atoms with E-state index in [1.165, 1.54) is 6.08 Å². The second kappa shape index (κ2) is 9.51. The summed E-state index contributed by atoms with van der Waals surface area (Å²) in [6.07, 6.45) is 1.52. The quantitative estimate of drug-likeness (QED) is 0.545. The number of ether oxygens (including phenoxy) is 4. The number of carbonyl (C=O) groups excluding carboxylic acids is 1. The third kappa shape index (κ3) is 4.99. The molecule has 1 N–H and O–H groups in total. The second-order valence-corrected chi connectivity index (χ2v) is 6.11. The molecule has 2 aromatic carbocycles. The summed E-state index contributed by atoms with van der Waals surface area (Å²) in [6.45, 7) is 5.22. The van der Waals surface area contributed by atoms with Gasteiger partial charge in [0.1, 0.15) is 11.6 Å². The number of amides is 1. The van der Waals surface area contributed by atoms with Crippen molar-refractivity contribution in [3.63, 3.8) is 0 Å². The van der Waals surface area contributed by atoms with Crippen molar-refractivity contribution in [1.29, 1.82) is 5.26 Å². The lowest BCUT2D eigenvalue weighted by Gasteiger charge is -2.11. The first kappa shape index (κ1) is 20.1. The van der Waals surface area contributed by atoms with E-state index in [4.69, 9.17) is 18.9 Å². The molecule has 1 aliphatic heterocycles. The fourth-order valence-electron chi connectivity index (χ4n) is 2.80. The Balaban J connectivity index is 1.71. The van der Waals surface area contributed by atoms with Crippen molar-refractivity contribution in [1.82, 2.24) is 5.32 Å². The van der Waals surface area contributed by atoms with Crippen molar-refractivity contribution >= 4 is 12.0 Å². The highest BCUT2D eigenvalue weighted by Gasteiger charge is 2.15. The maximum atomic E-state index is 12.5. The van der Waals surface area contributed by atoms with Gasteiger partial charge in [-0.1, -0.05) is 12.1 Å². The van der Waals surface area contributed by atoms with Gasteiger partial charge in [0.25, 0.3) is 5.91 Å². The van der Waals surface area contributed by atoms with E-state index in [2.05, 4.69) is 5.32 Å². The van der Waals surface area contributed by atoms with Crippen LogP contribution in [-0.4, -0.2) is 25.9 Å². The molecule has 0 radical (unpaired) electrons. The van der Waals surface area contributed by atoms with E-state index in [1.54, 1.807) is 30.3 Å². The minimum absolute atomic E-state index is 0.00245. The van der Waals surface area contributed by atoms with Crippen molar-refractivity contribution in [2.45, 2.75) is 20.4 Å². The molecule has 7 heteroatoms. The number of carbonyl (C=O) groups is 1. The Bertz CT molecular complexity index is 962. The zero-order valence-electron chi connectivity index (χ0n) is 16.4. The summed E-state index contributed by atoms with van der Waals surface area (Å²) < 4.78 is 21.7. The molecule has 0 bridgehead atoms. The lowest BCUT2D eigenvalue weighted by atomic mass is 10.1. The first-order valence-electron chi connectivity index (χ1n) is 9.32. The van der Waals surface area contributed by atoms with Gasteiger partial charge in [0.05, 0.1) is 13.2 Å². The predicted molar refractivity (Wildman–Crippen MR) is 107 cm³/mol. The van der Waals surface area contributed by atoms with Crippen LogP contribution in [0, 0.1) is 11.3 Å². The van der Waals surface area contributed by atoms with Crippen LogP contribution >= 0.6 is 0 Å². The Morgan fingerprint density at radius 3 is 2.62 bits per heavy atom. The smallest absolute Gasteiger partial charge is 0.262 e. The largest absolute Gasteiger partial charge is 0.490 e. The average Bonchev–Trinajstić information content (AvgIpc) is 3.20. The molecule has 0 aromatic heterocycles. The SMILES string of the molecule is CCOc1ccc(/C=C(\C#N)C(=O)NCc2ccc3c(c2)OCO3)cc1OCC. The van der Waals surface area contributed by atoms with Crippen LogP contribution in [0.1, 0.15) is 25.0 Å². The number of benzene rings is 2. The Morgan fingerprint density at radius 2 is 1.86 bits per heavy atom. The molecule has 0 saturated heterocycles. The maximum Gasteiger partial charge on any atom is 0.262 e. The Labute approximate surface area is 169 Å². The van der Waals surface area contributed by atoms with Crippen LogP contribution < -0.4 is 24.3 Å². The van der Waals surface area contributed by atoms with Crippen LogP contribution in [0.15, 0.2) is 42.0 Å². The predicted octanol–water partition coefficient (Wildman–Crippen LogP) is 3.44. The summed E-state index contributed by atoms with van der Waals surface area (Å²) >= 11 is 0. The molecule has 150 valence electrons. The number of nitrogens with one attached hydrogen (secondary N) is 1. The zero-order chi connectivity index (χ0) is 20.6. The molecule has 1 heterocycles. The summed E-state index contributed by atoms with van der Waals surface area (Å²) in [6, 6.07) is 12.7. The van der Waals surface area contributed by atoms with Crippen LogP contribution in [0.25, 0.3) is 6.08 Å². The zero-order valence-corrected chi connectivity index (χ0v) is 16.4. The molecule has 2 aromatic rings. The van der Waals surface area contributed by atoms with Crippen molar-refractivity contribution in [2.24, 2.45) is 0 Å². The van der Waals surface area contributed by atoms with Crippen LogP contribution in [0.4, 0.5) is 0 Å². The van der Waals surface area contributed by atoms with E-state index in [-0.39, 0.29) is 18.9 Å². The van der Waals surface area contributed by atoms with Gasteiger partial charge in [0, 0.05) is 6.54 Å². The number of fused-ring (bicyclic) bond motifs is 1. The summed E-state index contributed by atoms with van der Waals surface area (Å²) in [4.78, 5) is 12.5. The summed E-state index contributed by atoms with van der Waals surface area (Å²) in [5, 5.41) is 12.2. The van der Waals surface area contributed by atoms with Crippen molar-refractivity contribution < 1.29 is 23.7 Å². The normalized spacial score (nSPS) is 12.2. The number of rotatable bonds is 8. The molecular weight excluding hydrogens is 372 g/mol. The van der Waals surface area contributed by atoms with Gasteiger partial charge in [0.15, 0.2) is 23.0 Å². The highest BCUT2D eigenvalue weighted by atomic mass is 16.7. The lowest BCUT2D eigenvalue weighted by Crippen LogP contribution is -2.23. The van der Waals surface area contributed by atoms with Gasteiger partial charge in [0.2, 0.25) is 6.79 Å². The standard InChI is InChI=1S/C22H22N2O5/c1-3-26-18-7-5-15(10-20(18)27-4-2)9-17(12-23)22(25)24-13-16-6-8-19-21(11-16)29-14-28-19/h5-11H,3-4,13-14H2,1-2H3,(H,24,25)/b17-9+. The highest BCUT2D eigenvalue weighted by molar-refractivity contribution is 6.01. The van der Waals surface area contributed by atoms with E-state index in [0.717, 1.165) is 5.56 Å². The average molecular weight is 394 g/mol. The molecule has 29 heavy (non-hydrogen) atoms. The van der Waals surface area contributed by atoms with Gasteiger partial charge < -0.3 is 24.3 Å². The molecule has 1 aliphatic rings. The van der Waals surface area contributed by atoms with Gasteiger partial charge in [-0.25, -0.2) is 0 Å². The summed E-state index contributed by atoms with van der Waals surface area (Å²) in [7, 11) is 0. The summed E-state index contributed by atoms with van der Waals surface area (Å²) in [5.41, 5.74) is 1.52. The first-order chi connectivity index (χ1) is 14.1. The minimum Gasteiger partial charge on any atom is -0.490 e. The molecule has 0 fully saturated rings. The Kier molecular flexibility index (Phi) is 6.59. The topological polar surface area (TPSA) is 89.8 Å². The lowest BCUT2D eigenvalue weighted by molar-refractivity contribution is -0.117. The van der Waals surface area contributed by atoms with Gasteiger partial charge in [-0.05, 0) is 55.3 Å². The molecule has 1 amide bonds. The van der Waals surface area contributed by atoms with E-state index in [1.807, 2.05) is 26.0 Å². The second-order valence-electron chi connectivity index (χ2n) is 6.11. The summed E-state index contributed by atoms with van der Waals surface area (Å²) in [5.74, 6) is 2.05. The molecule has 0 saturated carbocycles. The molecular formula is C22H22N2O5. The van der Waals surface area contributed by atoms with E-state index < -0.39 is 5.91 Å². The van der Waals surface area contributed by atoms with Crippen LogP contribution in [-0.2, 0) is 11.3 Å². The van der Waals surface area contributed by atoms with Gasteiger partial charge in [-0.15, -0.1) is 0 Å². The first-order valence-corrected chi connectivity index (χ1v) is 9.32. The third-order valence-corrected chi connectivity index (χ3v) is 4.13. The number of nitrogens with zero attached hydrogens (tertiary/aromatic N) is 1. The molecule has 3 rings (SSSR count). The van der Waals surface area contributed by atoms with E-state index >= 15 is 0 Å². The van der Waals surface area contributed by atoms with Crippen LogP contribution in [0.3, 0.4) is 0 Å². The maximum absolute atomic E-state index is 12.5. The number of hydrogen-bond donors (Lipinski definition) is 1. The molecule has 0 spiro atoms. The Hall–Kier alpha value is -3.66. The molecule has 0 unspecified atom stereocenters. The van der Waals surface area contributed by atoms with Crippen molar-refractivity contribution in [3.05, 3.63) is 53.1 Å². The third-order valence-electron chi connectivity index (χ3n) is 4.13. The molecule has 0 aliphatic carbocycles. The van der Waals surface area contributed by atoms with E-state index in [0.29, 0.717) is 41.8 Å². The Morgan fingerprint density at radius 1 is 1.10 bits per heavy atom. The van der Waals surface area contributed by atoms with Gasteiger partial charge in [-0.2, -0.15) is 5.26 Å². The minimum atomic E-state index is -0.461. The molecule has 7 nitrogen and oxygen atoms in total. The van der Waals surface area contributed by atoms with E-state index in [9.17, 15) is 10.1 Å². The van der Waals surface area contributed by atoms with Crippen molar-refractivity contribution in [3.8, 4) is 29.1 Å². The van der Waals surface area contributed by atoms with Gasteiger partial charge in [-0.3, -0.25) is 4.79 Å². The fourth-order valence-corrected chi connectivity index (χ4v) is 2.80. The number of nitriles is 1. The molecule has 0 atom stereocenters. The van der Waals surface area contributed by atoms with Crippen LogP contribution in [0.5, 0.6) is 23.0 Å². The van der Waals surface area contributed by atoms with Crippen molar-refractivity contribution in [2.75, 3.05) is 20.0 Å².